The molecule has 0 rings (SSSR count). The van der Waals surface area contributed by atoms with Crippen molar-refractivity contribution in [3.05, 3.63) is 0 Å². The molecule has 0 aromatic rings. The topological polar surface area (TPSA) is 9.72 Å². The Hall–Kier alpha value is -0.120. The molecule has 0 atom stereocenters. The van der Waals surface area contributed by atoms with Gasteiger partial charge in [-0.3, -0.25) is 9.80 Å². The molecule has 0 aromatic carbocycles. The van der Waals surface area contributed by atoms with E-state index in [1.807, 2.05) is 13.8 Å². The summed E-state index contributed by atoms with van der Waals surface area (Å²) in [5.41, 5.74) is 0. The third kappa shape index (κ3) is 15.9. The second kappa shape index (κ2) is 21.2. The molecule has 0 aliphatic carbocycles. The van der Waals surface area contributed by atoms with Crippen LogP contribution in [0.1, 0.15) is 62.3 Å². The van der Waals surface area contributed by atoms with Crippen molar-refractivity contribution in [2.24, 2.45) is 0 Å². The zero-order valence-corrected chi connectivity index (χ0v) is 16.0. The Morgan fingerprint density at radius 1 is 0.400 bits per heavy atom. The van der Waals surface area contributed by atoms with Crippen LogP contribution in [0.5, 0.6) is 0 Å². The molecule has 0 unspecified atom stereocenters. The molecule has 0 bridgehead atoms. The molecule has 126 valence electrons. The molecule has 0 radical (unpaired) electrons. The Balaban J connectivity index is -0.000000277. The van der Waals surface area contributed by atoms with Gasteiger partial charge in [0, 0.05) is 0 Å². The van der Waals surface area contributed by atoms with E-state index < -0.39 is 0 Å². The van der Waals surface area contributed by atoms with Crippen molar-refractivity contribution < 1.29 is 0 Å². The Morgan fingerprint density at radius 3 is 0.700 bits per heavy atom. The molecule has 20 heavy (non-hydrogen) atoms. The fraction of sp³-hybridized carbons (Fsp3) is 1.00. The van der Waals surface area contributed by atoms with Crippen molar-refractivity contribution in [2.45, 2.75) is 62.3 Å². The highest BCUT2D eigenvalue weighted by Crippen LogP contribution is 1.92. The first kappa shape index (κ1) is 24.9. The molecule has 0 fully saturated rings. The zero-order valence-electron chi connectivity index (χ0n) is 16.0. The third-order valence-electron chi connectivity index (χ3n) is 3.53. The molecular weight excluding hydrogens is 246 g/mol. The lowest BCUT2D eigenvalue weighted by Crippen LogP contribution is -2.37. The van der Waals surface area contributed by atoms with E-state index in [9.17, 15) is 0 Å². The molecule has 0 amide bonds. The minimum Gasteiger partial charge on any atom is -0.304 e. The average Bonchev–Trinajstić information content (AvgIpc) is 2.53. The highest BCUT2D eigenvalue weighted by Gasteiger charge is 2.03. The summed E-state index contributed by atoms with van der Waals surface area (Å²) in [6, 6.07) is 0. The van der Waals surface area contributed by atoms with E-state index in [0.717, 1.165) is 32.8 Å². The molecular formula is C17H43N3. The maximum absolute atomic E-state index is 2.44. The summed E-state index contributed by atoms with van der Waals surface area (Å²) in [7, 11) is 0. The number of rotatable bonds is 9. The van der Waals surface area contributed by atoms with Gasteiger partial charge in [-0.05, 0) is 45.8 Å². The van der Waals surface area contributed by atoms with Crippen molar-refractivity contribution >= 4 is 0 Å². The first-order chi connectivity index (χ1) is 9.62. The van der Waals surface area contributed by atoms with Crippen LogP contribution in [-0.4, -0.2) is 67.2 Å². The predicted molar refractivity (Wildman–Crippen MR) is 95.5 cm³/mol. The van der Waals surface area contributed by atoms with Crippen LogP contribution >= 0.6 is 0 Å². The molecule has 0 heterocycles. The van der Waals surface area contributed by atoms with E-state index in [2.05, 4.69) is 63.2 Å². The van der Waals surface area contributed by atoms with Gasteiger partial charge in [-0.1, -0.05) is 62.3 Å². The lowest BCUT2D eigenvalue weighted by molar-refractivity contribution is 0.152. The third-order valence-corrected chi connectivity index (χ3v) is 3.53. The van der Waals surface area contributed by atoms with Crippen molar-refractivity contribution in [2.75, 3.05) is 52.5 Å². The molecule has 0 aliphatic rings. The Kier molecular flexibility index (Phi) is 26.3. The van der Waals surface area contributed by atoms with E-state index in [0.29, 0.717) is 0 Å². The average molecular weight is 290 g/mol. The van der Waals surface area contributed by atoms with E-state index >= 15 is 0 Å². The summed E-state index contributed by atoms with van der Waals surface area (Å²) in [6.45, 7) is 28.8. The normalized spacial score (nSPS) is 10.2. The van der Waals surface area contributed by atoms with Crippen LogP contribution in [0.25, 0.3) is 0 Å². The van der Waals surface area contributed by atoms with Gasteiger partial charge < -0.3 is 4.90 Å². The van der Waals surface area contributed by atoms with E-state index in [4.69, 9.17) is 0 Å². The largest absolute Gasteiger partial charge is 0.304 e. The van der Waals surface area contributed by atoms with Crippen LogP contribution in [0, 0.1) is 0 Å². The Bertz CT molecular complexity index is 124. The summed E-state index contributed by atoms with van der Waals surface area (Å²) < 4.78 is 0. The van der Waals surface area contributed by atoms with Crippen LogP contribution in [-0.2, 0) is 0 Å². The first-order valence-electron chi connectivity index (χ1n) is 8.80. The van der Waals surface area contributed by atoms with Crippen LogP contribution in [0.3, 0.4) is 0 Å². The minimum absolute atomic E-state index is 1.12. The molecule has 0 aliphatic heterocycles. The van der Waals surface area contributed by atoms with Gasteiger partial charge in [0.25, 0.3) is 0 Å². The number of nitrogens with zero attached hydrogens (tertiary/aromatic N) is 3. The highest BCUT2D eigenvalue weighted by molar-refractivity contribution is 4.53. The summed E-state index contributed by atoms with van der Waals surface area (Å²) in [5, 5.41) is 0. The second-order valence-electron chi connectivity index (χ2n) is 4.37. The fourth-order valence-corrected chi connectivity index (χ4v) is 1.80. The van der Waals surface area contributed by atoms with Gasteiger partial charge in [0.2, 0.25) is 0 Å². The Morgan fingerprint density at radius 2 is 0.600 bits per heavy atom. The molecule has 3 heteroatoms. The Labute approximate surface area is 130 Å². The summed E-state index contributed by atoms with van der Waals surface area (Å²) in [6.07, 6.45) is 0. The van der Waals surface area contributed by atoms with E-state index in [-0.39, 0.29) is 0 Å². The lowest BCUT2D eigenvalue weighted by atomic mass is 10.5. The predicted octanol–water partition coefficient (Wildman–Crippen LogP) is 4.00. The fourth-order valence-electron chi connectivity index (χ4n) is 1.80. The van der Waals surface area contributed by atoms with Gasteiger partial charge in [0.05, 0.1) is 6.67 Å². The van der Waals surface area contributed by atoms with Gasteiger partial charge in [-0.2, -0.15) is 0 Å². The van der Waals surface area contributed by atoms with Crippen LogP contribution in [0.2, 0.25) is 0 Å². The molecule has 0 aromatic heterocycles. The molecule has 0 spiro atoms. The SMILES string of the molecule is CC.CCN(CC)CC.CCN(CC)CN(CC)CC. The van der Waals surface area contributed by atoms with E-state index in [1.54, 1.807) is 0 Å². The van der Waals surface area contributed by atoms with Crippen LogP contribution in [0.4, 0.5) is 0 Å². The van der Waals surface area contributed by atoms with Crippen molar-refractivity contribution in [3.8, 4) is 0 Å². The molecule has 0 saturated heterocycles. The van der Waals surface area contributed by atoms with E-state index in [1.165, 1.54) is 19.6 Å². The summed E-state index contributed by atoms with van der Waals surface area (Å²) >= 11 is 0. The number of hydrogen-bond donors (Lipinski definition) is 0. The van der Waals surface area contributed by atoms with Gasteiger partial charge >= 0.3 is 0 Å². The van der Waals surface area contributed by atoms with Gasteiger partial charge in [0.15, 0.2) is 0 Å². The smallest absolute Gasteiger partial charge is 0.0505 e. The second-order valence-corrected chi connectivity index (χ2v) is 4.37. The first-order valence-corrected chi connectivity index (χ1v) is 8.80. The zero-order chi connectivity index (χ0) is 16.4. The van der Waals surface area contributed by atoms with Gasteiger partial charge in [0.1, 0.15) is 0 Å². The lowest BCUT2D eigenvalue weighted by Gasteiger charge is -2.26. The van der Waals surface area contributed by atoms with Crippen molar-refractivity contribution in [1.29, 1.82) is 0 Å². The van der Waals surface area contributed by atoms with Crippen molar-refractivity contribution in [1.82, 2.24) is 14.7 Å². The highest BCUT2D eigenvalue weighted by atomic mass is 15.3. The van der Waals surface area contributed by atoms with Crippen molar-refractivity contribution in [3.63, 3.8) is 0 Å². The van der Waals surface area contributed by atoms with Gasteiger partial charge in [-0.15, -0.1) is 0 Å². The summed E-state index contributed by atoms with van der Waals surface area (Å²) in [5.74, 6) is 0. The molecule has 0 saturated carbocycles. The van der Waals surface area contributed by atoms with Crippen LogP contribution in [0.15, 0.2) is 0 Å². The molecule has 0 N–H and O–H groups in total. The monoisotopic (exact) mass is 289 g/mol. The standard InChI is InChI=1S/C9H22N2.C6H15N.C2H6/c1-5-10(6-2)9-11(7-3)8-4;1-4-7(5-2)6-3;1-2/h5-9H2,1-4H3;4-6H2,1-3H3;1-2H3. The van der Waals surface area contributed by atoms with Gasteiger partial charge in [-0.25, -0.2) is 0 Å². The minimum atomic E-state index is 1.12. The maximum Gasteiger partial charge on any atom is 0.0505 e. The molecule has 3 nitrogen and oxygen atoms in total. The maximum atomic E-state index is 2.44. The summed E-state index contributed by atoms with van der Waals surface area (Å²) in [4.78, 5) is 7.25. The number of hydrogen-bond acceptors (Lipinski definition) is 3. The quantitative estimate of drug-likeness (QED) is 0.594. The van der Waals surface area contributed by atoms with Crippen LogP contribution < -0.4 is 0 Å².